The molecule has 3 aromatic rings. The van der Waals surface area contributed by atoms with Gasteiger partial charge in [-0.1, -0.05) is 18.2 Å². The van der Waals surface area contributed by atoms with Crippen LogP contribution in [-0.4, -0.2) is 42.1 Å². The van der Waals surface area contributed by atoms with Crippen LogP contribution in [0.5, 0.6) is 17.2 Å². The van der Waals surface area contributed by atoms with Gasteiger partial charge in [0.05, 0.1) is 21.3 Å². The number of para-hydroxylation sites is 1. The number of methoxy groups -OCH3 is 3. The molecule has 0 saturated carbocycles. The zero-order valence-electron chi connectivity index (χ0n) is 15.6. The van der Waals surface area contributed by atoms with Crippen LogP contribution in [0.25, 0.3) is 0 Å². The maximum Gasteiger partial charge on any atom is 0.349 e. The first-order chi connectivity index (χ1) is 13.5. The number of nitrogens with two attached hydrogens (primary N) is 1. The van der Waals surface area contributed by atoms with Gasteiger partial charge < -0.3 is 30.6 Å². The van der Waals surface area contributed by atoms with E-state index in [1.54, 1.807) is 36.4 Å². The van der Waals surface area contributed by atoms with Crippen molar-refractivity contribution in [3.8, 4) is 17.2 Å². The van der Waals surface area contributed by atoms with Gasteiger partial charge in [0, 0.05) is 23.5 Å². The summed E-state index contributed by atoms with van der Waals surface area (Å²) in [6, 6.07) is 11.8. The Kier molecular flexibility index (Phi) is 5.49. The molecule has 0 bridgehead atoms. The average molecular weight is 384 g/mol. The monoisotopic (exact) mass is 384 g/mol. The summed E-state index contributed by atoms with van der Waals surface area (Å²) in [6.07, 6.45) is 0. The van der Waals surface area contributed by atoms with Crippen LogP contribution >= 0.6 is 0 Å². The zero-order chi connectivity index (χ0) is 20.1. The SMILES string of the molecule is COc1cc(Nc2nc(N)n(C(=O)Nc3ccccc3)n2)cc(OC)c1OC. The molecule has 0 aliphatic heterocycles. The summed E-state index contributed by atoms with van der Waals surface area (Å²) in [5.41, 5.74) is 7.00. The number of hydrogen-bond donors (Lipinski definition) is 3. The fraction of sp³-hybridized carbons (Fsp3) is 0.167. The molecular formula is C18H20N6O4. The number of hydrogen-bond acceptors (Lipinski definition) is 8. The minimum absolute atomic E-state index is 0.0663. The van der Waals surface area contributed by atoms with Gasteiger partial charge >= 0.3 is 6.03 Å². The molecule has 146 valence electrons. The van der Waals surface area contributed by atoms with Crippen molar-refractivity contribution in [3.05, 3.63) is 42.5 Å². The molecule has 0 saturated heterocycles. The van der Waals surface area contributed by atoms with Crippen LogP contribution in [0.4, 0.5) is 28.1 Å². The van der Waals surface area contributed by atoms with E-state index in [4.69, 9.17) is 19.9 Å². The quantitative estimate of drug-likeness (QED) is 0.592. The molecule has 0 fully saturated rings. The van der Waals surface area contributed by atoms with E-state index in [0.29, 0.717) is 28.6 Å². The summed E-state index contributed by atoms with van der Waals surface area (Å²) in [5, 5.41) is 9.75. The molecule has 2 aromatic carbocycles. The number of nitrogens with zero attached hydrogens (tertiary/aromatic N) is 3. The van der Waals surface area contributed by atoms with Crippen molar-refractivity contribution in [1.82, 2.24) is 14.8 Å². The summed E-state index contributed by atoms with van der Waals surface area (Å²) in [4.78, 5) is 16.4. The van der Waals surface area contributed by atoms with Crippen molar-refractivity contribution >= 4 is 29.3 Å². The van der Waals surface area contributed by atoms with Crippen LogP contribution in [0.2, 0.25) is 0 Å². The zero-order valence-corrected chi connectivity index (χ0v) is 15.6. The molecule has 0 unspecified atom stereocenters. The van der Waals surface area contributed by atoms with Gasteiger partial charge in [-0.05, 0) is 12.1 Å². The number of aromatic nitrogens is 3. The van der Waals surface area contributed by atoms with E-state index in [1.807, 2.05) is 6.07 Å². The third-order valence-electron chi connectivity index (χ3n) is 3.77. The fourth-order valence-electron chi connectivity index (χ4n) is 2.51. The number of nitrogen functional groups attached to an aromatic ring is 1. The van der Waals surface area contributed by atoms with E-state index in [2.05, 4.69) is 20.7 Å². The first-order valence-electron chi connectivity index (χ1n) is 8.21. The summed E-state index contributed by atoms with van der Waals surface area (Å²) in [6.45, 7) is 0. The lowest BCUT2D eigenvalue weighted by Gasteiger charge is -2.14. The average Bonchev–Trinajstić information content (AvgIpc) is 3.08. The van der Waals surface area contributed by atoms with Crippen molar-refractivity contribution in [2.45, 2.75) is 0 Å². The number of ether oxygens (including phenoxy) is 3. The maximum atomic E-state index is 12.4. The predicted octanol–water partition coefficient (Wildman–Crippen LogP) is 2.71. The Bertz CT molecular complexity index is 948. The third kappa shape index (κ3) is 3.90. The number of amides is 1. The van der Waals surface area contributed by atoms with Crippen molar-refractivity contribution in [2.24, 2.45) is 0 Å². The van der Waals surface area contributed by atoms with Crippen LogP contribution in [-0.2, 0) is 0 Å². The van der Waals surface area contributed by atoms with Gasteiger partial charge in [-0.3, -0.25) is 0 Å². The second-order valence-electron chi connectivity index (χ2n) is 5.54. The highest BCUT2D eigenvalue weighted by atomic mass is 16.5. The number of carbonyl (C=O) groups is 1. The van der Waals surface area contributed by atoms with Crippen molar-refractivity contribution < 1.29 is 19.0 Å². The van der Waals surface area contributed by atoms with Crippen LogP contribution in [0.1, 0.15) is 0 Å². The van der Waals surface area contributed by atoms with Crippen molar-refractivity contribution in [3.63, 3.8) is 0 Å². The number of rotatable bonds is 6. The summed E-state index contributed by atoms with van der Waals surface area (Å²) in [7, 11) is 4.54. The molecule has 0 atom stereocenters. The molecule has 4 N–H and O–H groups in total. The highest BCUT2D eigenvalue weighted by molar-refractivity contribution is 5.92. The van der Waals surface area contributed by atoms with E-state index in [9.17, 15) is 4.79 Å². The number of benzene rings is 2. The van der Waals surface area contributed by atoms with Crippen LogP contribution in [0.15, 0.2) is 42.5 Å². The van der Waals surface area contributed by atoms with Gasteiger partial charge in [-0.25, -0.2) is 4.79 Å². The molecule has 10 nitrogen and oxygen atoms in total. The van der Waals surface area contributed by atoms with Crippen LogP contribution in [0.3, 0.4) is 0 Å². The fourth-order valence-corrected chi connectivity index (χ4v) is 2.51. The van der Waals surface area contributed by atoms with E-state index in [-0.39, 0.29) is 11.9 Å². The van der Waals surface area contributed by atoms with Gasteiger partial charge in [-0.2, -0.15) is 4.98 Å². The summed E-state index contributed by atoms with van der Waals surface area (Å²) >= 11 is 0. The van der Waals surface area contributed by atoms with Crippen molar-refractivity contribution in [2.75, 3.05) is 37.7 Å². The standard InChI is InChI=1S/C18H20N6O4/c1-26-13-9-12(10-14(27-2)15(13)28-3)20-17-22-16(19)24(23-17)18(25)21-11-7-5-4-6-8-11/h4-10H,1-3H3,(H,21,25)(H3,19,20,22,23). The first kappa shape index (κ1) is 18.8. The summed E-state index contributed by atoms with van der Waals surface area (Å²) < 4.78 is 16.9. The lowest BCUT2D eigenvalue weighted by atomic mass is 10.2. The predicted molar refractivity (Wildman–Crippen MR) is 105 cm³/mol. The van der Waals surface area contributed by atoms with Gasteiger partial charge in [0.25, 0.3) is 0 Å². The van der Waals surface area contributed by atoms with Gasteiger partial charge in [-0.15, -0.1) is 9.78 Å². The first-order valence-corrected chi connectivity index (χ1v) is 8.21. The Labute approximate surface area is 161 Å². The molecule has 1 aromatic heterocycles. The maximum absolute atomic E-state index is 12.4. The molecule has 0 aliphatic carbocycles. The second-order valence-corrected chi connectivity index (χ2v) is 5.54. The summed E-state index contributed by atoms with van der Waals surface area (Å²) in [5.74, 6) is 1.44. The minimum atomic E-state index is -0.533. The largest absolute Gasteiger partial charge is 0.493 e. The van der Waals surface area contributed by atoms with E-state index in [1.165, 1.54) is 21.3 Å². The van der Waals surface area contributed by atoms with Gasteiger partial charge in [0.2, 0.25) is 17.6 Å². The number of carbonyl (C=O) groups excluding carboxylic acids is 1. The molecule has 0 radical (unpaired) electrons. The van der Waals surface area contributed by atoms with E-state index < -0.39 is 6.03 Å². The van der Waals surface area contributed by atoms with E-state index in [0.717, 1.165) is 4.68 Å². The van der Waals surface area contributed by atoms with E-state index >= 15 is 0 Å². The Morgan fingerprint density at radius 3 is 2.21 bits per heavy atom. The molecule has 1 heterocycles. The lowest BCUT2D eigenvalue weighted by molar-refractivity contribution is 0.251. The molecule has 10 heteroatoms. The van der Waals surface area contributed by atoms with Gasteiger partial charge in [0.15, 0.2) is 11.5 Å². The van der Waals surface area contributed by atoms with Crippen LogP contribution < -0.4 is 30.6 Å². The minimum Gasteiger partial charge on any atom is -0.493 e. The van der Waals surface area contributed by atoms with Gasteiger partial charge in [0.1, 0.15) is 0 Å². The Morgan fingerprint density at radius 1 is 1.00 bits per heavy atom. The Hall–Kier alpha value is -3.95. The Morgan fingerprint density at radius 2 is 1.64 bits per heavy atom. The molecule has 0 spiro atoms. The lowest BCUT2D eigenvalue weighted by Crippen LogP contribution is -2.22. The second kappa shape index (κ2) is 8.16. The number of anilines is 4. The molecule has 3 rings (SSSR count). The highest BCUT2D eigenvalue weighted by Crippen LogP contribution is 2.40. The molecular weight excluding hydrogens is 364 g/mol. The topological polar surface area (TPSA) is 126 Å². The molecule has 1 amide bonds. The highest BCUT2D eigenvalue weighted by Gasteiger charge is 2.17. The third-order valence-corrected chi connectivity index (χ3v) is 3.77. The molecule has 28 heavy (non-hydrogen) atoms. The molecule has 0 aliphatic rings. The van der Waals surface area contributed by atoms with Crippen LogP contribution in [0, 0.1) is 0 Å². The smallest absolute Gasteiger partial charge is 0.349 e. The normalized spacial score (nSPS) is 10.2. The Balaban J connectivity index is 1.83. The van der Waals surface area contributed by atoms with Crippen molar-refractivity contribution in [1.29, 1.82) is 0 Å². The number of nitrogens with one attached hydrogen (secondary N) is 2.